The third-order valence-corrected chi connectivity index (χ3v) is 4.95. The van der Waals surface area contributed by atoms with Gasteiger partial charge in [0.05, 0.1) is 26.9 Å². The van der Waals surface area contributed by atoms with E-state index in [1.807, 2.05) is 35.2 Å². The summed E-state index contributed by atoms with van der Waals surface area (Å²) in [5, 5.41) is 0. The lowest BCUT2D eigenvalue weighted by atomic mass is 10.0. The molecule has 2 aromatic carbocycles. The lowest BCUT2D eigenvalue weighted by Crippen LogP contribution is -2.45. The summed E-state index contributed by atoms with van der Waals surface area (Å²) in [6.45, 7) is 3.88. The van der Waals surface area contributed by atoms with Crippen molar-refractivity contribution >= 4 is 11.9 Å². The number of hydrogen-bond acceptors (Lipinski definition) is 5. The highest BCUT2D eigenvalue weighted by Gasteiger charge is 2.24. The van der Waals surface area contributed by atoms with Gasteiger partial charge in [0, 0.05) is 18.7 Å². The van der Waals surface area contributed by atoms with Crippen molar-refractivity contribution in [3.63, 3.8) is 0 Å². The zero-order chi connectivity index (χ0) is 20.1. The molecule has 2 aromatic rings. The maximum Gasteiger partial charge on any atom is 0.341 e. The van der Waals surface area contributed by atoms with Gasteiger partial charge in [0.1, 0.15) is 11.3 Å². The van der Waals surface area contributed by atoms with E-state index in [9.17, 15) is 9.59 Å². The monoisotopic (exact) mass is 383 g/mol. The van der Waals surface area contributed by atoms with Gasteiger partial charge in [-0.15, -0.1) is 0 Å². The number of morpholine rings is 1. The number of nitrogens with zero attached hydrogens (tertiary/aromatic N) is 1. The van der Waals surface area contributed by atoms with Gasteiger partial charge in [-0.3, -0.25) is 4.79 Å². The molecule has 1 aliphatic heterocycles. The Bertz CT molecular complexity index is 847. The van der Waals surface area contributed by atoms with E-state index >= 15 is 0 Å². The van der Waals surface area contributed by atoms with Crippen LogP contribution in [-0.4, -0.2) is 56.8 Å². The Kier molecular flexibility index (Phi) is 6.31. The number of carbonyl (C=O) groups excluding carboxylic acids is 2. The van der Waals surface area contributed by atoms with Gasteiger partial charge in [-0.25, -0.2) is 4.79 Å². The first-order chi connectivity index (χ1) is 13.6. The molecule has 0 unspecified atom stereocenters. The summed E-state index contributed by atoms with van der Waals surface area (Å²) >= 11 is 0. The average Bonchev–Trinajstić information content (AvgIpc) is 2.77. The Morgan fingerprint density at radius 3 is 2.46 bits per heavy atom. The van der Waals surface area contributed by atoms with Crippen LogP contribution in [0.2, 0.25) is 0 Å². The number of benzene rings is 2. The van der Waals surface area contributed by atoms with Crippen LogP contribution in [0.4, 0.5) is 0 Å². The molecule has 3 rings (SSSR count). The van der Waals surface area contributed by atoms with E-state index < -0.39 is 5.97 Å². The molecule has 1 saturated heterocycles. The second kappa shape index (κ2) is 8.89. The molecule has 0 bridgehead atoms. The fourth-order valence-corrected chi connectivity index (χ4v) is 3.29. The van der Waals surface area contributed by atoms with Crippen molar-refractivity contribution in [2.45, 2.75) is 19.4 Å². The summed E-state index contributed by atoms with van der Waals surface area (Å²) in [6.07, 6.45) is 1.00. The van der Waals surface area contributed by atoms with Crippen molar-refractivity contribution < 1.29 is 23.8 Å². The largest absolute Gasteiger partial charge is 0.496 e. The Balaban J connectivity index is 1.79. The van der Waals surface area contributed by atoms with E-state index in [0.29, 0.717) is 36.6 Å². The molecule has 6 nitrogen and oxygen atoms in total. The first-order valence-electron chi connectivity index (χ1n) is 9.35. The zero-order valence-corrected chi connectivity index (χ0v) is 16.4. The van der Waals surface area contributed by atoms with Gasteiger partial charge >= 0.3 is 5.97 Å². The number of ether oxygens (including phenoxy) is 3. The standard InChI is InChI=1S/C22H25NO5/c1-4-18-14-23(11-12-28-18)21(24)16-7-5-15(6-8-16)17-9-10-19(22(25)27-3)20(13-17)26-2/h5-10,13,18H,4,11-12,14H2,1-3H3/t18-/m0/s1. The number of carbonyl (C=O) groups is 2. The van der Waals surface area contributed by atoms with Crippen molar-refractivity contribution in [2.24, 2.45) is 0 Å². The molecule has 6 heteroatoms. The van der Waals surface area contributed by atoms with Crippen LogP contribution in [0, 0.1) is 0 Å². The molecule has 0 spiro atoms. The second-order valence-electron chi connectivity index (χ2n) is 6.64. The fraction of sp³-hybridized carbons (Fsp3) is 0.364. The van der Waals surface area contributed by atoms with E-state index in [2.05, 4.69) is 6.92 Å². The zero-order valence-electron chi connectivity index (χ0n) is 16.4. The van der Waals surface area contributed by atoms with Crippen molar-refractivity contribution in [1.82, 2.24) is 4.90 Å². The summed E-state index contributed by atoms with van der Waals surface area (Å²) < 4.78 is 15.7. The summed E-state index contributed by atoms with van der Waals surface area (Å²) in [7, 11) is 2.85. The minimum atomic E-state index is -0.444. The highest BCUT2D eigenvalue weighted by atomic mass is 16.5. The van der Waals surface area contributed by atoms with Crippen LogP contribution in [0.15, 0.2) is 42.5 Å². The Morgan fingerprint density at radius 1 is 1.11 bits per heavy atom. The van der Waals surface area contributed by atoms with Gasteiger partial charge in [0.25, 0.3) is 5.91 Å². The van der Waals surface area contributed by atoms with Crippen LogP contribution < -0.4 is 4.74 Å². The summed E-state index contributed by atoms with van der Waals surface area (Å²) in [5.74, 6) is 0.0237. The van der Waals surface area contributed by atoms with E-state index in [1.54, 1.807) is 12.1 Å². The predicted octanol–water partition coefficient (Wildman–Crippen LogP) is 3.40. The quantitative estimate of drug-likeness (QED) is 0.741. The molecule has 1 fully saturated rings. The highest BCUT2D eigenvalue weighted by Crippen LogP contribution is 2.28. The van der Waals surface area contributed by atoms with Gasteiger partial charge in [0.2, 0.25) is 0 Å². The fourth-order valence-electron chi connectivity index (χ4n) is 3.29. The van der Waals surface area contributed by atoms with Crippen molar-refractivity contribution in [3.8, 4) is 16.9 Å². The Morgan fingerprint density at radius 2 is 1.82 bits per heavy atom. The molecular formula is C22H25NO5. The molecule has 148 valence electrons. The van der Waals surface area contributed by atoms with E-state index in [-0.39, 0.29) is 12.0 Å². The Labute approximate surface area is 165 Å². The van der Waals surface area contributed by atoms with Gasteiger partial charge in [0.15, 0.2) is 0 Å². The molecule has 0 radical (unpaired) electrons. The number of esters is 1. The molecule has 1 heterocycles. The number of methoxy groups -OCH3 is 2. The number of hydrogen-bond donors (Lipinski definition) is 0. The highest BCUT2D eigenvalue weighted by molar-refractivity contribution is 5.95. The summed E-state index contributed by atoms with van der Waals surface area (Å²) in [4.78, 5) is 26.4. The van der Waals surface area contributed by atoms with Crippen LogP contribution in [0.1, 0.15) is 34.1 Å². The van der Waals surface area contributed by atoms with Crippen LogP contribution >= 0.6 is 0 Å². The van der Waals surface area contributed by atoms with Crippen molar-refractivity contribution in [1.29, 1.82) is 0 Å². The molecule has 1 atom stereocenters. The van der Waals surface area contributed by atoms with Gasteiger partial charge < -0.3 is 19.1 Å². The van der Waals surface area contributed by atoms with Gasteiger partial charge in [-0.2, -0.15) is 0 Å². The molecular weight excluding hydrogens is 358 g/mol. The van der Waals surface area contributed by atoms with Crippen molar-refractivity contribution in [3.05, 3.63) is 53.6 Å². The molecule has 0 N–H and O–H groups in total. The molecule has 1 amide bonds. The normalized spacial score (nSPS) is 16.5. The smallest absolute Gasteiger partial charge is 0.341 e. The van der Waals surface area contributed by atoms with Crippen molar-refractivity contribution in [2.75, 3.05) is 33.9 Å². The lowest BCUT2D eigenvalue weighted by Gasteiger charge is -2.32. The Hall–Kier alpha value is -2.86. The first-order valence-corrected chi connectivity index (χ1v) is 9.35. The predicted molar refractivity (Wildman–Crippen MR) is 106 cm³/mol. The SMILES string of the molecule is CC[C@H]1CN(C(=O)c2ccc(-c3ccc(C(=O)OC)c(OC)c3)cc2)CCO1. The van der Waals surface area contributed by atoms with Crippen LogP contribution in [0.3, 0.4) is 0 Å². The first kappa shape index (κ1) is 19.9. The topological polar surface area (TPSA) is 65.1 Å². The lowest BCUT2D eigenvalue weighted by molar-refractivity contribution is -0.0226. The van der Waals surface area contributed by atoms with E-state index in [1.165, 1.54) is 14.2 Å². The molecule has 0 aliphatic carbocycles. The van der Waals surface area contributed by atoms with Crippen LogP contribution in [0.25, 0.3) is 11.1 Å². The summed E-state index contributed by atoms with van der Waals surface area (Å²) in [6, 6.07) is 12.8. The third kappa shape index (κ3) is 4.17. The van der Waals surface area contributed by atoms with E-state index in [4.69, 9.17) is 14.2 Å². The van der Waals surface area contributed by atoms with Crippen LogP contribution in [0.5, 0.6) is 5.75 Å². The minimum Gasteiger partial charge on any atom is -0.496 e. The molecule has 0 saturated carbocycles. The maximum absolute atomic E-state index is 12.8. The van der Waals surface area contributed by atoms with Gasteiger partial charge in [-0.1, -0.05) is 25.1 Å². The number of rotatable bonds is 5. The third-order valence-electron chi connectivity index (χ3n) is 4.95. The van der Waals surface area contributed by atoms with Gasteiger partial charge in [-0.05, 0) is 41.8 Å². The molecule has 0 aromatic heterocycles. The average molecular weight is 383 g/mol. The molecule has 1 aliphatic rings. The number of amides is 1. The van der Waals surface area contributed by atoms with E-state index in [0.717, 1.165) is 17.5 Å². The molecule has 28 heavy (non-hydrogen) atoms. The summed E-state index contributed by atoms with van der Waals surface area (Å²) in [5.41, 5.74) is 2.84. The minimum absolute atomic E-state index is 0.0203. The second-order valence-corrected chi connectivity index (χ2v) is 6.64. The maximum atomic E-state index is 12.8. The van der Waals surface area contributed by atoms with Crippen LogP contribution in [-0.2, 0) is 9.47 Å².